The molecule has 52 heavy (non-hydrogen) atoms. The van der Waals surface area contributed by atoms with Crippen LogP contribution >= 0.6 is 11.6 Å². The van der Waals surface area contributed by atoms with E-state index in [0.717, 1.165) is 21.6 Å². The van der Waals surface area contributed by atoms with Crippen LogP contribution in [0.5, 0.6) is 0 Å². The number of hydrogen-bond acceptors (Lipinski definition) is 8. The van der Waals surface area contributed by atoms with Gasteiger partial charge in [-0.2, -0.15) is 18.3 Å². The lowest BCUT2D eigenvalue weighted by Crippen LogP contribution is -2.49. The van der Waals surface area contributed by atoms with Gasteiger partial charge in [0.15, 0.2) is 11.5 Å². The number of aliphatic hydroxyl groups is 1. The van der Waals surface area contributed by atoms with Gasteiger partial charge in [0.1, 0.15) is 0 Å². The van der Waals surface area contributed by atoms with Crippen molar-refractivity contribution in [1.29, 1.82) is 0 Å². The molecule has 2 aliphatic carbocycles. The first-order valence-corrected chi connectivity index (χ1v) is 16.4. The molecule has 7 rings (SSSR count). The highest BCUT2D eigenvalue weighted by Gasteiger charge is 2.58. The number of fused-ring (bicyclic) bond motifs is 1. The summed E-state index contributed by atoms with van der Waals surface area (Å²) in [5, 5.41) is 31.7. The minimum atomic E-state index is -4.89. The van der Waals surface area contributed by atoms with Crippen molar-refractivity contribution < 1.29 is 51.3 Å². The fraction of sp³-hybridized carbons (Fsp3) is 0.484. The number of nitrogens with zero attached hydrogens (tertiary/aromatic N) is 5. The molecule has 6 N–H and O–H groups in total. The fourth-order valence-electron chi connectivity index (χ4n) is 6.64. The number of carbonyl (C=O) groups is 4. The summed E-state index contributed by atoms with van der Waals surface area (Å²) in [6, 6.07) is 3.47. The number of β-amino-alcohol motifs (C(OH)–C–C–N with tert-alkyl or cyclic N) is 1. The Morgan fingerprint density at radius 2 is 1.81 bits per heavy atom. The maximum Gasteiger partial charge on any atom is 0.435 e. The predicted molar refractivity (Wildman–Crippen MR) is 172 cm³/mol. The Morgan fingerprint density at radius 1 is 1.13 bits per heavy atom. The number of aliphatic hydroxyl groups excluding tert-OH is 1. The smallest absolute Gasteiger partial charge is 0.435 e. The molecule has 0 spiro atoms. The summed E-state index contributed by atoms with van der Waals surface area (Å²) in [5.41, 5.74) is -1.46. The van der Waals surface area contributed by atoms with Gasteiger partial charge in [0.2, 0.25) is 0 Å². The average molecular weight is 758 g/mol. The molecule has 2 aliphatic heterocycles. The largest absolute Gasteiger partial charge is 0.483 e. The van der Waals surface area contributed by atoms with E-state index in [-0.39, 0.29) is 70.8 Å². The van der Waals surface area contributed by atoms with E-state index in [1.165, 1.54) is 25.2 Å². The lowest BCUT2D eigenvalue weighted by molar-refractivity contribution is -0.141. The summed E-state index contributed by atoms with van der Waals surface area (Å²) in [6.45, 7) is 1.20. The predicted octanol–water partition coefficient (Wildman–Crippen LogP) is 2.27. The van der Waals surface area contributed by atoms with Crippen molar-refractivity contribution in [2.45, 2.75) is 43.3 Å². The van der Waals surface area contributed by atoms with Gasteiger partial charge in [-0.3, -0.25) is 19.1 Å². The van der Waals surface area contributed by atoms with E-state index in [0.29, 0.717) is 26.2 Å². The number of amides is 4. The Labute approximate surface area is 296 Å². The van der Waals surface area contributed by atoms with Gasteiger partial charge < -0.3 is 40.9 Å². The Kier molecular flexibility index (Phi) is 9.92. The third-order valence-corrected chi connectivity index (χ3v) is 9.91. The molecule has 4 fully saturated rings. The zero-order valence-electron chi connectivity index (χ0n) is 27.2. The SMILES string of the molecule is Cn1c(-c2cn(CC3CC3(F)F)nc2C(F)(F)F)cnc1C(=O)Nc1ccc(C(=O)NC2[C@H]3CN(C(=O)N[C@H]4CNC[C@@H]4O)C[C@@H]23)c(Cl)c1.O=CO. The summed E-state index contributed by atoms with van der Waals surface area (Å²) in [7, 11) is 1.33. The van der Waals surface area contributed by atoms with Crippen LogP contribution in [0.3, 0.4) is 0 Å². The van der Waals surface area contributed by atoms with Crippen LogP contribution in [-0.4, -0.2) is 109 Å². The number of aromatic nitrogens is 4. The lowest BCUT2D eigenvalue weighted by atomic mass is 10.2. The maximum absolute atomic E-state index is 13.8. The number of halogens is 6. The standard InChI is InChI=1S/C30H31ClF5N9O4.CH2O2/c1-43-21(18-12-45(9-13-5-29(13,32)33)42-24(18)30(34,35)36)7-38-25(43)27(48)39-14-2-3-15(19(31)4-14)26(47)41-23-16-10-44(11-17(16)23)28(49)40-20-6-37-8-22(20)46;2-1-3/h2-4,7,12-13,16-17,20,22-23,37,46H,5-6,8-11H2,1H3,(H,39,48)(H,40,49)(H,41,47);1H,(H,2,3)/t13?,16-,17+,20-,22-,23?;/m0./s1. The molecule has 21 heteroatoms. The molecule has 280 valence electrons. The van der Waals surface area contributed by atoms with Gasteiger partial charge in [-0.1, -0.05) is 11.6 Å². The van der Waals surface area contributed by atoms with Gasteiger partial charge in [-0.15, -0.1) is 0 Å². The van der Waals surface area contributed by atoms with E-state index in [1.807, 2.05) is 0 Å². The molecule has 2 saturated heterocycles. The molecule has 2 aromatic heterocycles. The summed E-state index contributed by atoms with van der Waals surface area (Å²) >= 11 is 6.39. The molecule has 2 unspecified atom stereocenters. The number of alkyl halides is 5. The number of urea groups is 1. The fourth-order valence-corrected chi connectivity index (χ4v) is 6.90. The maximum atomic E-state index is 13.8. The number of rotatable bonds is 8. The highest BCUT2D eigenvalue weighted by molar-refractivity contribution is 6.34. The van der Waals surface area contributed by atoms with Gasteiger partial charge in [-0.25, -0.2) is 18.6 Å². The van der Waals surface area contributed by atoms with Crippen LogP contribution in [0.2, 0.25) is 5.02 Å². The van der Waals surface area contributed by atoms with E-state index < -0.39 is 53.6 Å². The number of carbonyl (C=O) groups excluding carboxylic acids is 3. The van der Waals surface area contributed by atoms with Gasteiger partial charge in [0.05, 0.1) is 40.2 Å². The van der Waals surface area contributed by atoms with Crippen molar-refractivity contribution in [3.8, 4) is 11.3 Å². The third-order valence-electron chi connectivity index (χ3n) is 9.60. The number of hydrogen-bond donors (Lipinski definition) is 6. The van der Waals surface area contributed by atoms with Crippen molar-refractivity contribution in [2.75, 3.05) is 31.5 Å². The first-order chi connectivity index (χ1) is 24.5. The molecule has 3 aromatic rings. The zero-order chi connectivity index (χ0) is 37.7. The van der Waals surface area contributed by atoms with Crippen molar-refractivity contribution >= 4 is 41.6 Å². The van der Waals surface area contributed by atoms with E-state index in [4.69, 9.17) is 21.5 Å². The summed E-state index contributed by atoms with van der Waals surface area (Å²) in [6.07, 6.45) is -3.88. The van der Waals surface area contributed by atoms with E-state index in [2.05, 4.69) is 31.3 Å². The number of benzene rings is 1. The monoisotopic (exact) mass is 757 g/mol. The van der Waals surface area contributed by atoms with E-state index in [1.54, 1.807) is 4.90 Å². The average Bonchev–Trinajstić information content (AvgIpc) is 3.51. The summed E-state index contributed by atoms with van der Waals surface area (Å²) in [5.74, 6) is -5.32. The van der Waals surface area contributed by atoms with Gasteiger partial charge in [0, 0.05) is 81.9 Å². The first kappa shape index (κ1) is 37.0. The zero-order valence-corrected chi connectivity index (χ0v) is 28.0. The molecule has 1 aromatic carbocycles. The van der Waals surface area contributed by atoms with Crippen molar-refractivity contribution in [1.82, 2.24) is 40.2 Å². The lowest BCUT2D eigenvalue weighted by Gasteiger charge is -2.24. The van der Waals surface area contributed by atoms with E-state index in [9.17, 15) is 41.4 Å². The Hall–Kier alpha value is -4.82. The first-order valence-electron chi connectivity index (χ1n) is 16.0. The number of nitrogens with one attached hydrogen (secondary N) is 4. The van der Waals surface area contributed by atoms with Crippen LogP contribution < -0.4 is 21.3 Å². The minimum Gasteiger partial charge on any atom is -0.483 e. The molecule has 4 aliphatic rings. The van der Waals surface area contributed by atoms with Crippen LogP contribution in [-0.2, 0) is 24.6 Å². The molecule has 15 nitrogen and oxygen atoms in total. The Bertz CT molecular complexity index is 1870. The number of anilines is 1. The highest BCUT2D eigenvalue weighted by Crippen LogP contribution is 2.50. The second kappa shape index (κ2) is 14.0. The van der Waals surface area contributed by atoms with E-state index >= 15 is 0 Å². The molecule has 0 bridgehead atoms. The van der Waals surface area contributed by atoms with Crippen LogP contribution in [0.25, 0.3) is 11.3 Å². The van der Waals surface area contributed by atoms with Crippen LogP contribution in [0.15, 0.2) is 30.6 Å². The van der Waals surface area contributed by atoms with Gasteiger partial charge >= 0.3 is 12.2 Å². The number of carboxylic acid groups (broad SMARTS) is 1. The van der Waals surface area contributed by atoms with Gasteiger partial charge in [0.25, 0.3) is 24.2 Å². The van der Waals surface area contributed by atoms with Crippen LogP contribution in [0.4, 0.5) is 32.4 Å². The topological polar surface area (TPSA) is 196 Å². The van der Waals surface area contributed by atoms with Crippen molar-refractivity contribution in [3.63, 3.8) is 0 Å². The molecule has 4 heterocycles. The number of imidazole rings is 1. The van der Waals surface area contributed by atoms with Crippen molar-refractivity contribution in [3.05, 3.63) is 52.7 Å². The number of likely N-dealkylation sites (tertiary alicyclic amines) is 1. The second-order valence-corrected chi connectivity index (χ2v) is 13.5. The van der Waals surface area contributed by atoms with Crippen molar-refractivity contribution in [2.24, 2.45) is 24.8 Å². The third kappa shape index (κ3) is 7.54. The van der Waals surface area contributed by atoms with Gasteiger partial charge in [-0.05, 0) is 18.2 Å². The quantitative estimate of drug-likeness (QED) is 0.148. The minimum absolute atomic E-state index is 0.0369. The van der Waals surface area contributed by atoms with Crippen LogP contribution in [0, 0.1) is 17.8 Å². The molecule has 2 saturated carbocycles. The Balaban J connectivity index is 0.00000150. The number of piperidine rings is 1. The second-order valence-electron chi connectivity index (χ2n) is 13.1. The molecule has 0 radical (unpaired) electrons. The molecule has 6 atom stereocenters. The Morgan fingerprint density at radius 3 is 2.38 bits per heavy atom. The normalized spacial score (nSPS) is 25.4. The molecule has 4 amide bonds. The molecular weight excluding hydrogens is 725 g/mol. The summed E-state index contributed by atoms with van der Waals surface area (Å²) in [4.78, 5) is 52.7. The highest BCUT2D eigenvalue weighted by atomic mass is 35.5. The van der Waals surface area contributed by atoms with Crippen LogP contribution in [0.1, 0.15) is 33.1 Å². The molecular formula is C31H33ClF5N9O6. The summed E-state index contributed by atoms with van der Waals surface area (Å²) < 4.78 is 70.2.